The summed E-state index contributed by atoms with van der Waals surface area (Å²) in [6.07, 6.45) is 0.885. The number of hydrogen-bond donors (Lipinski definition) is 2. The van der Waals surface area contributed by atoms with Crippen LogP contribution in [-0.4, -0.2) is 30.3 Å². The Morgan fingerprint density at radius 2 is 1.77 bits per heavy atom. The van der Waals surface area contributed by atoms with Gasteiger partial charge in [0.25, 0.3) is 0 Å². The molecule has 2 rings (SSSR count). The standard InChI is InChI=1S/C20H25N3O2.ClH/c1-14-7-6-10-18(15(14)2)22-19(24)13-23(3)20(25)12-11-16-8-4-5-9-17(16)21;/h4-10H,11-13,21H2,1-3H3,(H,22,24);1H. The van der Waals surface area contributed by atoms with Crippen LogP contribution < -0.4 is 11.1 Å². The Kier molecular flexibility index (Phi) is 8.13. The first kappa shape index (κ1) is 21.5. The van der Waals surface area contributed by atoms with Gasteiger partial charge in [-0.3, -0.25) is 9.59 Å². The number of carbonyl (C=O) groups excluding carboxylic acids is 2. The fourth-order valence-corrected chi connectivity index (χ4v) is 2.57. The number of amides is 2. The third-order valence-electron chi connectivity index (χ3n) is 4.35. The number of carbonyl (C=O) groups is 2. The largest absolute Gasteiger partial charge is 0.399 e. The maximum atomic E-state index is 12.2. The highest BCUT2D eigenvalue weighted by Crippen LogP contribution is 2.18. The number of halogens is 1. The molecule has 0 aliphatic carbocycles. The van der Waals surface area contributed by atoms with Crippen molar-refractivity contribution in [1.82, 2.24) is 4.90 Å². The highest BCUT2D eigenvalue weighted by molar-refractivity contribution is 5.95. The molecule has 0 bridgehead atoms. The molecular formula is C20H26ClN3O2. The van der Waals surface area contributed by atoms with E-state index in [1.54, 1.807) is 7.05 Å². The van der Waals surface area contributed by atoms with E-state index in [2.05, 4.69) is 5.32 Å². The van der Waals surface area contributed by atoms with E-state index >= 15 is 0 Å². The normalized spacial score (nSPS) is 9.96. The van der Waals surface area contributed by atoms with Gasteiger partial charge in [0.1, 0.15) is 0 Å². The van der Waals surface area contributed by atoms with Crippen LogP contribution in [0.1, 0.15) is 23.1 Å². The summed E-state index contributed by atoms with van der Waals surface area (Å²) in [4.78, 5) is 25.9. The van der Waals surface area contributed by atoms with Gasteiger partial charge in [-0.25, -0.2) is 0 Å². The van der Waals surface area contributed by atoms with Crippen LogP contribution in [0, 0.1) is 13.8 Å². The number of benzene rings is 2. The zero-order chi connectivity index (χ0) is 18.4. The Morgan fingerprint density at radius 1 is 1.08 bits per heavy atom. The van der Waals surface area contributed by atoms with Crippen LogP contribution >= 0.6 is 12.4 Å². The molecule has 2 aromatic rings. The second kappa shape index (κ2) is 9.82. The minimum absolute atomic E-state index is 0. The van der Waals surface area contributed by atoms with Gasteiger partial charge in [-0.15, -0.1) is 12.4 Å². The summed E-state index contributed by atoms with van der Waals surface area (Å²) < 4.78 is 0. The molecule has 6 heteroatoms. The molecule has 140 valence electrons. The predicted octanol–water partition coefficient (Wildman–Crippen LogP) is 3.34. The van der Waals surface area contributed by atoms with Gasteiger partial charge in [-0.05, 0) is 49.1 Å². The van der Waals surface area contributed by atoms with Crippen LogP contribution in [0.5, 0.6) is 0 Å². The maximum Gasteiger partial charge on any atom is 0.243 e. The van der Waals surface area contributed by atoms with Crippen molar-refractivity contribution in [2.24, 2.45) is 0 Å². The van der Waals surface area contributed by atoms with E-state index in [1.807, 2.05) is 56.3 Å². The Bertz CT molecular complexity index is 777. The SMILES string of the molecule is Cc1cccc(NC(=O)CN(C)C(=O)CCc2ccccc2N)c1C.Cl. The van der Waals surface area contributed by atoms with Crippen molar-refractivity contribution in [1.29, 1.82) is 0 Å². The predicted molar refractivity (Wildman–Crippen MR) is 109 cm³/mol. The molecule has 0 spiro atoms. The monoisotopic (exact) mass is 375 g/mol. The Morgan fingerprint density at radius 3 is 2.46 bits per heavy atom. The first-order valence-electron chi connectivity index (χ1n) is 8.32. The summed E-state index contributed by atoms with van der Waals surface area (Å²) in [5, 5.41) is 2.87. The van der Waals surface area contributed by atoms with Crippen molar-refractivity contribution < 1.29 is 9.59 Å². The van der Waals surface area contributed by atoms with E-state index in [1.165, 1.54) is 4.90 Å². The van der Waals surface area contributed by atoms with E-state index in [-0.39, 0.29) is 30.8 Å². The number of nitrogens with one attached hydrogen (secondary N) is 1. The number of rotatable bonds is 6. The fraction of sp³-hybridized carbons (Fsp3) is 0.300. The molecular weight excluding hydrogens is 350 g/mol. The van der Waals surface area contributed by atoms with E-state index < -0.39 is 0 Å². The quantitative estimate of drug-likeness (QED) is 0.760. The average molecular weight is 376 g/mol. The van der Waals surface area contributed by atoms with Crippen LogP contribution in [0.25, 0.3) is 0 Å². The number of nitrogens with two attached hydrogens (primary N) is 1. The summed E-state index contributed by atoms with van der Waals surface area (Å²) in [7, 11) is 1.64. The molecule has 3 N–H and O–H groups in total. The van der Waals surface area contributed by atoms with E-state index in [4.69, 9.17) is 5.73 Å². The van der Waals surface area contributed by atoms with Crippen LogP contribution in [-0.2, 0) is 16.0 Å². The van der Waals surface area contributed by atoms with Crippen molar-refractivity contribution in [3.05, 3.63) is 59.2 Å². The highest BCUT2D eigenvalue weighted by atomic mass is 35.5. The van der Waals surface area contributed by atoms with Gasteiger partial charge in [-0.1, -0.05) is 30.3 Å². The molecule has 0 aromatic heterocycles. The number of anilines is 2. The summed E-state index contributed by atoms with van der Waals surface area (Å²) in [6, 6.07) is 13.3. The molecule has 0 atom stereocenters. The van der Waals surface area contributed by atoms with E-state index in [0.717, 1.165) is 22.4 Å². The Labute approximate surface area is 161 Å². The van der Waals surface area contributed by atoms with Crippen molar-refractivity contribution in [2.75, 3.05) is 24.6 Å². The molecule has 0 heterocycles. The minimum Gasteiger partial charge on any atom is -0.399 e. The van der Waals surface area contributed by atoms with Crippen molar-refractivity contribution >= 4 is 35.6 Å². The summed E-state index contributed by atoms with van der Waals surface area (Å²) >= 11 is 0. The smallest absolute Gasteiger partial charge is 0.243 e. The van der Waals surface area contributed by atoms with Gasteiger partial charge in [0.2, 0.25) is 11.8 Å². The molecule has 0 aliphatic rings. The summed E-state index contributed by atoms with van der Waals surface area (Å²) in [5.74, 6) is -0.289. The van der Waals surface area contributed by atoms with Crippen molar-refractivity contribution in [3.8, 4) is 0 Å². The second-order valence-electron chi connectivity index (χ2n) is 6.24. The Hall–Kier alpha value is -2.53. The zero-order valence-electron chi connectivity index (χ0n) is 15.4. The van der Waals surface area contributed by atoms with Crippen molar-refractivity contribution in [3.63, 3.8) is 0 Å². The van der Waals surface area contributed by atoms with Crippen LogP contribution in [0.3, 0.4) is 0 Å². The molecule has 0 saturated heterocycles. The second-order valence-corrected chi connectivity index (χ2v) is 6.24. The van der Waals surface area contributed by atoms with Crippen LogP contribution in [0.15, 0.2) is 42.5 Å². The molecule has 0 radical (unpaired) electrons. The number of para-hydroxylation sites is 1. The molecule has 0 saturated carbocycles. The third kappa shape index (κ3) is 5.77. The number of nitrogens with zero attached hydrogens (tertiary/aromatic N) is 1. The lowest BCUT2D eigenvalue weighted by Crippen LogP contribution is -2.35. The molecule has 0 unspecified atom stereocenters. The zero-order valence-corrected chi connectivity index (χ0v) is 16.2. The molecule has 2 aromatic carbocycles. The highest BCUT2D eigenvalue weighted by Gasteiger charge is 2.14. The molecule has 26 heavy (non-hydrogen) atoms. The van der Waals surface area contributed by atoms with Gasteiger partial charge < -0.3 is 16.0 Å². The van der Waals surface area contributed by atoms with Gasteiger partial charge in [0, 0.05) is 24.8 Å². The van der Waals surface area contributed by atoms with Crippen LogP contribution in [0.2, 0.25) is 0 Å². The molecule has 0 fully saturated rings. The lowest BCUT2D eigenvalue weighted by atomic mass is 10.1. The number of likely N-dealkylation sites (N-methyl/N-ethyl adjacent to an activating group) is 1. The number of hydrogen-bond acceptors (Lipinski definition) is 3. The van der Waals surface area contributed by atoms with Gasteiger partial charge in [0.15, 0.2) is 0 Å². The fourth-order valence-electron chi connectivity index (χ4n) is 2.57. The molecule has 2 amide bonds. The summed E-state index contributed by atoms with van der Waals surface area (Å²) in [6.45, 7) is 3.98. The van der Waals surface area contributed by atoms with E-state index in [9.17, 15) is 9.59 Å². The first-order chi connectivity index (χ1) is 11.9. The molecule has 0 aliphatic heterocycles. The lowest BCUT2D eigenvalue weighted by Gasteiger charge is -2.18. The Balaban J connectivity index is 0.00000338. The first-order valence-corrected chi connectivity index (χ1v) is 8.32. The minimum atomic E-state index is -0.205. The van der Waals surface area contributed by atoms with Gasteiger partial charge in [-0.2, -0.15) is 0 Å². The summed E-state index contributed by atoms with van der Waals surface area (Å²) in [5.41, 5.74) is 10.4. The van der Waals surface area contributed by atoms with Gasteiger partial charge >= 0.3 is 0 Å². The van der Waals surface area contributed by atoms with Gasteiger partial charge in [0.05, 0.1) is 6.54 Å². The third-order valence-corrected chi connectivity index (χ3v) is 4.35. The lowest BCUT2D eigenvalue weighted by molar-refractivity contribution is -0.133. The topological polar surface area (TPSA) is 75.4 Å². The number of nitrogen functional groups attached to an aromatic ring is 1. The van der Waals surface area contributed by atoms with Crippen molar-refractivity contribution in [2.45, 2.75) is 26.7 Å². The number of aryl methyl sites for hydroxylation is 2. The van der Waals surface area contributed by atoms with E-state index in [0.29, 0.717) is 18.5 Å². The molecule has 5 nitrogen and oxygen atoms in total. The van der Waals surface area contributed by atoms with Crippen LogP contribution in [0.4, 0.5) is 11.4 Å². The average Bonchev–Trinajstić information content (AvgIpc) is 2.58. The maximum absolute atomic E-state index is 12.2.